The quantitative estimate of drug-likeness (QED) is 0.691. The van der Waals surface area contributed by atoms with Gasteiger partial charge in [0.05, 0.1) is 23.5 Å². The summed E-state index contributed by atoms with van der Waals surface area (Å²) in [6.07, 6.45) is 0. The normalized spacial score (nSPS) is 11.0. The second-order valence-electron chi connectivity index (χ2n) is 5.29. The molecule has 3 rings (SSSR count). The fraction of sp³-hybridized carbons (Fsp3) is 0.188. The van der Waals surface area contributed by atoms with Crippen LogP contribution in [0.15, 0.2) is 33.6 Å². The van der Waals surface area contributed by atoms with E-state index in [4.69, 9.17) is 4.52 Å². The molecule has 124 valence electrons. The molecule has 0 unspecified atom stereocenters. The molecule has 0 N–H and O–H groups in total. The minimum absolute atomic E-state index is 0.0805. The van der Waals surface area contributed by atoms with Crippen LogP contribution < -0.4 is 5.56 Å². The summed E-state index contributed by atoms with van der Waals surface area (Å²) in [4.78, 5) is 12.0. The van der Waals surface area contributed by atoms with Crippen molar-refractivity contribution in [1.29, 1.82) is 0 Å². The summed E-state index contributed by atoms with van der Waals surface area (Å²) in [6, 6.07) is 4.45. The highest BCUT2D eigenvalue weighted by molar-refractivity contribution is 5.62. The standard InChI is InChI=1S/C16H12F3N3O2/c1-8-15(9(2)24-21-8)13-3-4-14(23)22(20-13)7-10-5-11(17)16(19)12(18)6-10/h3-6H,7H2,1-2H3. The Morgan fingerprint density at radius 3 is 2.38 bits per heavy atom. The Kier molecular flexibility index (Phi) is 3.96. The van der Waals surface area contributed by atoms with Gasteiger partial charge in [0.25, 0.3) is 5.56 Å². The van der Waals surface area contributed by atoms with Crippen LogP contribution in [0.25, 0.3) is 11.3 Å². The number of hydrogen-bond donors (Lipinski definition) is 0. The first-order valence-corrected chi connectivity index (χ1v) is 7.01. The van der Waals surface area contributed by atoms with Crippen LogP contribution in [-0.2, 0) is 6.54 Å². The summed E-state index contributed by atoms with van der Waals surface area (Å²) < 4.78 is 45.7. The Balaban J connectivity index is 2.03. The lowest BCUT2D eigenvalue weighted by Crippen LogP contribution is -2.23. The number of halogens is 3. The van der Waals surface area contributed by atoms with Crippen LogP contribution in [0.4, 0.5) is 13.2 Å². The van der Waals surface area contributed by atoms with Gasteiger partial charge in [-0.1, -0.05) is 5.16 Å². The highest BCUT2D eigenvalue weighted by atomic mass is 19.2. The van der Waals surface area contributed by atoms with Gasteiger partial charge in [-0.05, 0) is 37.6 Å². The van der Waals surface area contributed by atoms with Crippen molar-refractivity contribution in [2.24, 2.45) is 0 Å². The molecule has 0 aliphatic heterocycles. The fourth-order valence-corrected chi connectivity index (χ4v) is 2.42. The Hall–Kier alpha value is -2.90. The molecule has 0 atom stereocenters. The summed E-state index contributed by atoms with van der Waals surface area (Å²) in [7, 11) is 0. The average Bonchev–Trinajstić information content (AvgIpc) is 2.86. The van der Waals surface area contributed by atoms with Gasteiger partial charge in [0.1, 0.15) is 5.76 Å². The summed E-state index contributed by atoms with van der Waals surface area (Å²) in [5, 5.41) is 8.00. The van der Waals surface area contributed by atoms with Gasteiger partial charge in [-0.3, -0.25) is 4.79 Å². The lowest BCUT2D eigenvalue weighted by Gasteiger charge is -2.08. The third-order valence-electron chi connectivity index (χ3n) is 3.53. The van der Waals surface area contributed by atoms with Crippen molar-refractivity contribution in [2.75, 3.05) is 0 Å². The van der Waals surface area contributed by atoms with Crippen LogP contribution >= 0.6 is 0 Å². The molecule has 5 nitrogen and oxygen atoms in total. The third-order valence-corrected chi connectivity index (χ3v) is 3.53. The van der Waals surface area contributed by atoms with E-state index >= 15 is 0 Å². The van der Waals surface area contributed by atoms with Crippen LogP contribution in [0.2, 0.25) is 0 Å². The predicted molar refractivity (Wildman–Crippen MR) is 78.9 cm³/mol. The molecule has 0 saturated carbocycles. The van der Waals surface area contributed by atoms with Gasteiger partial charge in [-0.25, -0.2) is 17.9 Å². The number of aromatic nitrogens is 3. The van der Waals surface area contributed by atoms with Gasteiger partial charge in [-0.2, -0.15) is 5.10 Å². The van der Waals surface area contributed by atoms with E-state index in [1.165, 1.54) is 12.1 Å². The number of rotatable bonds is 3. The van der Waals surface area contributed by atoms with Crippen molar-refractivity contribution in [3.8, 4) is 11.3 Å². The van der Waals surface area contributed by atoms with E-state index in [-0.39, 0.29) is 12.1 Å². The van der Waals surface area contributed by atoms with Gasteiger partial charge >= 0.3 is 0 Å². The first-order valence-electron chi connectivity index (χ1n) is 7.01. The monoisotopic (exact) mass is 335 g/mol. The average molecular weight is 335 g/mol. The van der Waals surface area contributed by atoms with E-state index in [2.05, 4.69) is 10.3 Å². The largest absolute Gasteiger partial charge is 0.361 e. The second kappa shape index (κ2) is 5.95. The Morgan fingerprint density at radius 1 is 1.12 bits per heavy atom. The molecule has 8 heteroatoms. The number of benzene rings is 1. The van der Waals surface area contributed by atoms with Gasteiger partial charge in [-0.15, -0.1) is 0 Å². The van der Waals surface area contributed by atoms with E-state index in [1.807, 2.05) is 0 Å². The lowest BCUT2D eigenvalue weighted by atomic mass is 10.1. The highest BCUT2D eigenvalue weighted by Gasteiger charge is 2.15. The maximum atomic E-state index is 13.3. The SMILES string of the molecule is Cc1noc(C)c1-c1ccc(=O)n(Cc2cc(F)c(F)c(F)c2)n1. The smallest absolute Gasteiger partial charge is 0.267 e. The molecule has 24 heavy (non-hydrogen) atoms. The molecule has 2 heterocycles. The fourth-order valence-electron chi connectivity index (χ4n) is 2.42. The number of aryl methyl sites for hydroxylation is 2. The van der Waals surface area contributed by atoms with Crippen molar-refractivity contribution in [3.63, 3.8) is 0 Å². The number of hydrogen-bond acceptors (Lipinski definition) is 4. The topological polar surface area (TPSA) is 60.9 Å². The predicted octanol–water partition coefficient (Wildman–Crippen LogP) is 2.98. The van der Waals surface area contributed by atoms with Crippen molar-refractivity contribution in [3.05, 3.63) is 69.1 Å². The third kappa shape index (κ3) is 2.82. The van der Waals surface area contributed by atoms with Crippen molar-refractivity contribution in [2.45, 2.75) is 20.4 Å². The minimum atomic E-state index is -1.55. The molecule has 0 amide bonds. The maximum Gasteiger partial charge on any atom is 0.267 e. The van der Waals surface area contributed by atoms with Gasteiger partial charge in [0.15, 0.2) is 17.5 Å². The van der Waals surface area contributed by atoms with Crippen LogP contribution in [0, 0.1) is 31.3 Å². The van der Waals surface area contributed by atoms with E-state index in [1.54, 1.807) is 13.8 Å². The van der Waals surface area contributed by atoms with Crippen LogP contribution in [-0.4, -0.2) is 14.9 Å². The van der Waals surface area contributed by atoms with Crippen molar-refractivity contribution in [1.82, 2.24) is 14.9 Å². The molecule has 0 bridgehead atoms. The van der Waals surface area contributed by atoms with Crippen LogP contribution in [0.1, 0.15) is 17.0 Å². The summed E-state index contributed by atoms with van der Waals surface area (Å²) in [6.45, 7) is 3.23. The minimum Gasteiger partial charge on any atom is -0.361 e. The first-order chi connectivity index (χ1) is 11.4. The molecular formula is C16H12F3N3O2. The molecule has 0 saturated heterocycles. The molecule has 2 aromatic heterocycles. The van der Waals surface area contributed by atoms with Gasteiger partial charge in [0.2, 0.25) is 0 Å². The van der Waals surface area contributed by atoms with Crippen molar-refractivity contribution < 1.29 is 17.7 Å². The summed E-state index contributed by atoms with van der Waals surface area (Å²) in [5.41, 5.74) is 1.30. The molecule has 0 radical (unpaired) electrons. The zero-order valence-electron chi connectivity index (χ0n) is 12.8. The Bertz CT molecular complexity index is 936. The molecule has 0 aliphatic rings. The number of nitrogens with zero attached hydrogens (tertiary/aromatic N) is 3. The summed E-state index contributed by atoms with van der Waals surface area (Å²) >= 11 is 0. The molecule has 1 aromatic carbocycles. The molecule has 0 aliphatic carbocycles. The second-order valence-corrected chi connectivity index (χ2v) is 5.29. The van der Waals surface area contributed by atoms with E-state index in [9.17, 15) is 18.0 Å². The van der Waals surface area contributed by atoms with Crippen LogP contribution in [0.3, 0.4) is 0 Å². The zero-order chi connectivity index (χ0) is 17.4. The first kappa shape index (κ1) is 16.0. The van der Waals surface area contributed by atoms with E-state index in [0.29, 0.717) is 22.7 Å². The highest BCUT2D eigenvalue weighted by Crippen LogP contribution is 2.24. The van der Waals surface area contributed by atoms with E-state index in [0.717, 1.165) is 16.8 Å². The molecule has 0 spiro atoms. The summed E-state index contributed by atoms with van der Waals surface area (Å²) in [5.74, 6) is -3.66. The van der Waals surface area contributed by atoms with Gasteiger partial charge in [0, 0.05) is 6.07 Å². The lowest BCUT2D eigenvalue weighted by molar-refractivity contribution is 0.393. The molecule has 0 fully saturated rings. The van der Waals surface area contributed by atoms with Crippen LogP contribution in [0.5, 0.6) is 0 Å². The Labute approximate surface area is 134 Å². The van der Waals surface area contributed by atoms with Gasteiger partial charge < -0.3 is 4.52 Å². The molecular weight excluding hydrogens is 323 g/mol. The molecule has 3 aromatic rings. The van der Waals surface area contributed by atoms with Crippen molar-refractivity contribution >= 4 is 0 Å². The maximum absolute atomic E-state index is 13.3. The Morgan fingerprint density at radius 2 is 1.79 bits per heavy atom. The van der Waals surface area contributed by atoms with E-state index < -0.39 is 23.0 Å². The zero-order valence-corrected chi connectivity index (χ0v) is 12.8.